The lowest BCUT2D eigenvalue weighted by Gasteiger charge is -2.09. The van der Waals surface area contributed by atoms with E-state index >= 15 is 0 Å². The first-order chi connectivity index (χ1) is 9.06. The lowest BCUT2D eigenvalue weighted by Crippen LogP contribution is -2.09. The summed E-state index contributed by atoms with van der Waals surface area (Å²) in [6.45, 7) is 0. The van der Waals surface area contributed by atoms with Crippen molar-refractivity contribution in [1.82, 2.24) is 0 Å². The van der Waals surface area contributed by atoms with Crippen molar-refractivity contribution in [2.75, 3.05) is 0 Å². The molecule has 0 fully saturated rings. The predicted octanol–water partition coefficient (Wildman–Crippen LogP) is 3.18. The first-order valence-corrected chi connectivity index (χ1v) is 5.13. The minimum absolute atomic E-state index is 0.217. The molecule has 0 aromatic heterocycles. The second-order valence-corrected chi connectivity index (χ2v) is 3.67. The number of rotatable bonds is 3. The first-order valence-electron chi connectivity index (χ1n) is 5.13. The van der Waals surface area contributed by atoms with Crippen molar-refractivity contribution >= 4 is 28.4 Å². The number of hydrogen-bond donors (Lipinski definition) is 2. The number of benzene rings is 2. The molecule has 0 bridgehead atoms. The molecule has 2 aromatic carbocycles. The fraction of sp³-hybridized carbons (Fsp3) is 0. The molecule has 0 aliphatic heterocycles. The zero-order valence-corrected chi connectivity index (χ0v) is 9.44. The Morgan fingerprint density at radius 3 is 2.32 bits per heavy atom. The van der Waals surface area contributed by atoms with E-state index in [0.29, 0.717) is 5.39 Å². The average Bonchev–Trinajstić information content (AvgIpc) is 2.37. The van der Waals surface area contributed by atoms with Gasteiger partial charge in [-0.3, -0.25) is 0 Å². The van der Waals surface area contributed by atoms with Crippen LogP contribution in [0.2, 0.25) is 0 Å². The Bertz CT molecular complexity index is 748. The molecule has 0 radical (unpaired) electrons. The Morgan fingerprint density at radius 2 is 1.74 bits per heavy atom. The summed E-state index contributed by atoms with van der Waals surface area (Å²) in [5, 5.41) is 22.4. The van der Waals surface area contributed by atoms with E-state index in [1.165, 1.54) is 12.1 Å². The summed E-state index contributed by atoms with van der Waals surface area (Å²) in [5.74, 6) is -2.84. The minimum atomic E-state index is -1.45. The van der Waals surface area contributed by atoms with Gasteiger partial charge in [-0.05, 0) is 22.4 Å². The van der Waals surface area contributed by atoms with E-state index < -0.39 is 17.5 Å². The number of carboxylic acids is 2. The molecular weight excluding hydrogens is 250 g/mol. The average molecular weight is 257 g/mol. The van der Waals surface area contributed by atoms with E-state index in [9.17, 15) is 14.7 Å². The van der Waals surface area contributed by atoms with Gasteiger partial charge in [0.05, 0.1) is 16.8 Å². The van der Waals surface area contributed by atoms with Crippen LogP contribution in [0.25, 0.3) is 21.2 Å². The molecule has 0 atom stereocenters. The van der Waals surface area contributed by atoms with Gasteiger partial charge in [0.25, 0.3) is 0 Å². The van der Waals surface area contributed by atoms with Gasteiger partial charge in [0.1, 0.15) is 0 Å². The van der Waals surface area contributed by atoms with E-state index in [-0.39, 0.29) is 16.6 Å². The fourth-order valence-corrected chi connectivity index (χ4v) is 1.90. The van der Waals surface area contributed by atoms with E-state index in [4.69, 9.17) is 10.6 Å². The maximum atomic E-state index is 11.3. The van der Waals surface area contributed by atoms with E-state index in [0.717, 1.165) is 0 Å². The number of azide groups is 1. The molecule has 0 saturated heterocycles. The number of carbonyl (C=O) groups is 2. The second-order valence-electron chi connectivity index (χ2n) is 3.67. The summed E-state index contributed by atoms with van der Waals surface area (Å²) < 4.78 is 0. The SMILES string of the molecule is [N-]=[N+]=Nc1cc2ccccc2c(C(=O)O)c1C(=O)O. The third-order valence-electron chi connectivity index (χ3n) is 2.61. The molecule has 0 unspecified atom stereocenters. The van der Waals surface area contributed by atoms with Crippen molar-refractivity contribution in [3.8, 4) is 0 Å². The Kier molecular flexibility index (Phi) is 3.05. The molecule has 7 heteroatoms. The standard InChI is InChI=1S/C12H7N3O4/c13-15-14-8-5-6-3-1-2-4-7(6)9(11(16)17)10(8)12(18)19/h1-5H,(H,16,17)(H,18,19). The van der Waals surface area contributed by atoms with Crippen molar-refractivity contribution in [1.29, 1.82) is 0 Å². The van der Waals surface area contributed by atoms with Crippen molar-refractivity contribution in [2.45, 2.75) is 0 Å². The normalized spacial score (nSPS) is 9.89. The Hall–Kier alpha value is -3.05. The second kappa shape index (κ2) is 4.67. The Morgan fingerprint density at radius 1 is 1.11 bits per heavy atom. The van der Waals surface area contributed by atoms with Crippen molar-refractivity contribution in [3.63, 3.8) is 0 Å². The van der Waals surface area contributed by atoms with E-state index in [2.05, 4.69) is 10.0 Å². The van der Waals surface area contributed by atoms with Crippen LogP contribution in [0.1, 0.15) is 20.7 Å². The number of fused-ring (bicyclic) bond motifs is 1. The van der Waals surface area contributed by atoms with Crippen molar-refractivity contribution in [2.24, 2.45) is 5.11 Å². The molecule has 19 heavy (non-hydrogen) atoms. The third-order valence-corrected chi connectivity index (χ3v) is 2.61. The Labute approximate surface area is 106 Å². The van der Waals surface area contributed by atoms with Crippen molar-refractivity contribution < 1.29 is 19.8 Å². The summed E-state index contributed by atoms with van der Waals surface area (Å²) in [6.07, 6.45) is 0. The van der Waals surface area contributed by atoms with Gasteiger partial charge in [0.15, 0.2) is 0 Å². The van der Waals surface area contributed by atoms with Crippen LogP contribution in [-0.4, -0.2) is 22.2 Å². The predicted molar refractivity (Wildman–Crippen MR) is 66.7 cm³/mol. The highest BCUT2D eigenvalue weighted by molar-refractivity contribution is 6.14. The number of hydrogen-bond acceptors (Lipinski definition) is 3. The van der Waals surface area contributed by atoms with Gasteiger partial charge in [-0.1, -0.05) is 29.4 Å². The molecule has 2 aromatic rings. The molecule has 7 nitrogen and oxygen atoms in total. The smallest absolute Gasteiger partial charge is 0.337 e. The van der Waals surface area contributed by atoms with E-state index in [1.54, 1.807) is 18.2 Å². The van der Waals surface area contributed by atoms with Gasteiger partial charge in [0.2, 0.25) is 0 Å². The highest BCUT2D eigenvalue weighted by Crippen LogP contribution is 2.31. The first kappa shape index (κ1) is 12.4. The Balaban J connectivity index is 3.04. The van der Waals surface area contributed by atoms with Gasteiger partial charge in [-0.2, -0.15) is 0 Å². The molecule has 0 aliphatic rings. The monoisotopic (exact) mass is 257 g/mol. The molecule has 0 heterocycles. The van der Waals surface area contributed by atoms with E-state index in [1.807, 2.05) is 0 Å². The lowest BCUT2D eigenvalue weighted by molar-refractivity contribution is 0.0654. The molecule has 0 aliphatic carbocycles. The lowest BCUT2D eigenvalue weighted by atomic mass is 9.97. The van der Waals surface area contributed by atoms with Gasteiger partial charge >= 0.3 is 11.9 Å². The minimum Gasteiger partial charge on any atom is -0.478 e. The zero-order valence-electron chi connectivity index (χ0n) is 9.44. The van der Waals surface area contributed by atoms with Crippen LogP contribution in [0.15, 0.2) is 35.4 Å². The van der Waals surface area contributed by atoms with Gasteiger partial charge in [-0.25, -0.2) is 9.59 Å². The van der Waals surface area contributed by atoms with Crippen LogP contribution in [0.5, 0.6) is 0 Å². The topological polar surface area (TPSA) is 123 Å². The maximum absolute atomic E-state index is 11.3. The van der Waals surface area contributed by atoms with Crippen LogP contribution >= 0.6 is 0 Å². The summed E-state index contributed by atoms with van der Waals surface area (Å²) in [5.41, 5.74) is 7.34. The van der Waals surface area contributed by atoms with Crippen LogP contribution in [0.4, 0.5) is 5.69 Å². The summed E-state index contributed by atoms with van der Waals surface area (Å²) >= 11 is 0. The van der Waals surface area contributed by atoms with Gasteiger partial charge in [0, 0.05) is 4.91 Å². The molecule has 0 amide bonds. The molecule has 2 rings (SSSR count). The fourth-order valence-electron chi connectivity index (χ4n) is 1.90. The molecule has 0 saturated carbocycles. The highest BCUT2D eigenvalue weighted by Gasteiger charge is 2.22. The summed E-state index contributed by atoms with van der Waals surface area (Å²) in [7, 11) is 0. The number of nitrogens with zero attached hydrogens (tertiary/aromatic N) is 3. The van der Waals surface area contributed by atoms with Crippen LogP contribution in [0.3, 0.4) is 0 Å². The third kappa shape index (κ3) is 2.05. The largest absolute Gasteiger partial charge is 0.478 e. The molecule has 2 N–H and O–H groups in total. The zero-order chi connectivity index (χ0) is 14.0. The van der Waals surface area contributed by atoms with Crippen LogP contribution in [0, 0.1) is 0 Å². The van der Waals surface area contributed by atoms with Gasteiger partial charge in [-0.15, -0.1) is 0 Å². The maximum Gasteiger partial charge on any atom is 0.337 e. The highest BCUT2D eigenvalue weighted by atomic mass is 16.4. The van der Waals surface area contributed by atoms with Crippen molar-refractivity contribution in [3.05, 3.63) is 51.9 Å². The molecule has 0 spiro atoms. The molecular formula is C12H7N3O4. The van der Waals surface area contributed by atoms with Gasteiger partial charge < -0.3 is 10.2 Å². The van der Waals surface area contributed by atoms with Crippen LogP contribution < -0.4 is 0 Å². The van der Waals surface area contributed by atoms with Crippen LogP contribution in [-0.2, 0) is 0 Å². The summed E-state index contributed by atoms with van der Waals surface area (Å²) in [4.78, 5) is 25.0. The quantitative estimate of drug-likeness (QED) is 0.497. The molecule has 94 valence electrons. The number of aromatic carboxylic acids is 2. The number of carboxylic acid groups (broad SMARTS) is 2. The summed E-state index contributed by atoms with van der Waals surface area (Å²) in [6, 6.07) is 7.75.